The average molecular weight is 233 g/mol. The summed E-state index contributed by atoms with van der Waals surface area (Å²) in [6.45, 7) is 7.03. The van der Waals surface area contributed by atoms with Crippen LogP contribution in [0.25, 0.3) is 15.7 Å². The lowest BCUT2D eigenvalue weighted by Gasteiger charge is -2.00. The summed E-state index contributed by atoms with van der Waals surface area (Å²) >= 11 is 3.34. The van der Waals surface area contributed by atoms with Crippen LogP contribution in [-0.4, -0.2) is 4.98 Å². The molecule has 0 N–H and O–H groups in total. The SMILES string of the molecule is [C-]#[N+]c1c(Br)ccc2ncccc12. The molecule has 0 fully saturated rings. The Morgan fingerprint density at radius 3 is 2.92 bits per heavy atom. The van der Waals surface area contributed by atoms with E-state index in [-0.39, 0.29) is 0 Å². The Hall–Kier alpha value is -1.40. The Bertz CT molecular complexity index is 500. The molecule has 2 aromatic rings. The molecule has 3 heteroatoms. The van der Waals surface area contributed by atoms with Gasteiger partial charge in [0.15, 0.2) is 0 Å². The summed E-state index contributed by atoms with van der Waals surface area (Å²) in [6, 6.07) is 7.49. The molecule has 62 valence electrons. The number of hydrogen-bond acceptors (Lipinski definition) is 1. The van der Waals surface area contributed by atoms with Gasteiger partial charge in [0.1, 0.15) is 0 Å². The molecular weight excluding hydrogens is 228 g/mol. The smallest absolute Gasteiger partial charge is 0.210 e. The quantitative estimate of drug-likeness (QED) is 0.636. The second-order valence-corrected chi connectivity index (χ2v) is 3.43. The van der Waals surface area contributed by atoms with Crippen molar-refractivity contribution in [2.45, 2.75) is 0 Å². The molecule has 0 aliphatic heterocycles. The topological polar surface area (TPSA) is 17.2 Å². The van der Waals surface area contributed by atoms with E-state index in [0.29, 0.717) is 5.69 Å². The maximum atomic E-state index is 7.03. The first-order chi connectivity index (χ1) is 6.33. The molecule has 0 bridgehead atoms. The normalized spacial score (nSPS) is 9.85. The second kappa shape index (κ2) is 3.15. The molecule has 0 atom stereocenters. The first-order valence-electron chi connectivity index (χ1n) is 3.73. The van der Waals surface area contributed by atoms with E-state index >= 15 is 0 Å². The standard InChI is InChI=1S/C10H5BrN2/c1-12-10-7-3-2-6-13-9(7)5-4-8(10)11/h2-6H. The van der Waals surface area contributed by atoms with Gasteiger partial charge in [-0.3, -0.25) is 4.98 Å². The predicted molar refractivity (Wildman–Crippen MR) is 55.7 cm³/mol. The van der Waals surface area contributed by atoms with Gasteiger partial charge in [0.2, 0.25) is 5.69 Å². The molecule has 0 radical (unpaired) electrons. The molecule has 0 spiro atoms. The fraction of sp³-hybridized carbons (Fsp3) is 0. The van der Waals surface area contributed by atoms with Crippen molar-refractivity contribution in [1.29, 1.82) is 0 Å². The van der Waals surface area contributed by atoms with Crippen LogP contribution in [0, 0.1) is 6.57 Å². The fourth-order valence-corrected chi connectivity index (χ4v) is 1.66. The number of nitrogens with zero attached hydrogens (tertiary/aromatic N) is 2. The van der Waals surface area contributed by atoms with E-state index in [1.807, 2.05) is 24.3 Å². The van der Waals surface area contributed by atoms with Crippen LogP contribution in [-0.2, 0) is 0 Å². The Balaban J connectivity index is 2.94. The Morgan fingerprint density at radius 1 is 1.31 bits per heavy atom. The first kappa shape index (κ1) is 8.21. The highest BCUT2D eigenvalue weighted by Gasteiger charge is 2.04. The third kappa shape index (κ3) is 1.30. The van der Waals surface area contributed by atoms with Gasteiger partial charge >= 0.3 is 0 Å². The summed E-state index contributed by atoms with van der Waals surface area (Å²) in [5.41, 5.74) is 1.49. The van der Waals surface area contributed by atoms with E-state index in [2.05, 4.69) is 25.8 Å². The van der Waals surface area contributed by atoms with Gasteiger partial charge in [-0.15, -0.1) is 0 Å². The molecule has 0 unspecified atom stereocenters. The minimum absolute atomic E-state index is 0.630. The predicted octanol–water partition coefficient (Wildman–Crippen LogP) is 3.55. The highest BCUT2D eigenvalue weighted by Crippen LogP contribution is 2.32. The summed E-state index contributed by atoms with van der Waals surface area (Å²) in [6.07, 6.45) is 1.73. The van der Waals surface area contributed by atoms with Gasteiger partial charge in [0, 0.05) is 16.1 Å². The van der Waals surface area contributed by atoms with Crippen LogP contribution in [0.15, 0.2) is 34.9 Å². The van der Waals surface area contributed by atoms with Crippen molar-refractivity contribution in [3.63, 3.8) is 0 Å². The van der Waals surface area contributed by atoms with Crippen molar-refractivity contribution in [2.75, 3.05) is 0 Å². The van der Waals surface area contributed by atoms with Gasteiger partial charge < -0.3 is 0 Å². The third-order valence-corrected chi connectivity index (χ3v) is 2.46. The maximum Gasteiger partial charge on any atom is 0.210 e. The number of benzene rings is 1. The fourth-order valence-electron chi connectivity index (χ4n) is 1.22. The Labute approximate surface area is 84.2 Å². The molecule has 1 aromatic carbocycles. The van der Waals surface area contributed by atoms with E-state index in [9.17, 15) is 0 Å². The maximum absolute atomic E-state index is 7.03. The van der Waals surface area contributed by atoms with Gasteiger partial charge in [-0.05, 0) is 12.1 Å². The number of halogens is 1. The van der Waals surface area contributed by atoms with Gasteiger partial charge in [-0.2, -0.15) is 0 Å². The lowest BCUT2D eigenvalue weighted by molar-refractivity contribution is 1.41. The monoisotopic (exact) mass is 232 g/mol. The number of aromatic nitrogens is 1. The Kier molecular flexibility index (Phi) is 1.99. The highest BCUT2D eigenvalue weighted by molar-refractivity contribution is 9.10. The summed E-state index contributed by atoms with van der Waals surface area (Å²) in [5, 5.41) is 0.895. The minimum Gasteiger partial charge on any atom is -0.258 e. The zero-order valence-electron chi connectivity index (χ0n) is 6.66. The van der Waals surface area contributed by atoms with Crippen LogP contribution in [0.2, 0.25) is 0 Å². The molecule has 0 saturated carbocycles. The van der Waals surface area contributed by atoms with Gasteiger partial charge in [-0.1, -0.05) is 28.1 Å². The van der Waals surface area contributed by atoms with E-state index in [4.69, 9.17) is 6.57 Å². The van der Waals surface area contributed by atoms with Crippen molar-refractivity contribution in [3.8, 4) is 0 Å². The zero-order valence-corrected chi connectivity index (χ0v) is 8.25. The molecule has 13 heavy (non-hydrogen) atoms. The van der Waals surface area contributed by atoms with E-state index in [1.165, 1.54) is 0 Å². The van der Waals surface area contributed by atoms with E-state index < -0.39 is 0 Å². The van der Waals surface area contributed by atoms with Crippen LogP contribution in [0.4, 0.5) is 5.69 Å². The summed E-state index contributed by atoms with van der Waals surface area (Å²) in [7, 11) is 0. The summed E-state index contributed by atoms with van der Waals surface area (Å²) in [5.74, 6) is 0. The molecule has 2 rings (SSSR count). The molecule has 0 aliphatic carbocycles. The molecular formula is C10H5BrN2. The molecule has 1 heterocycles. The minimum atomic E-state index is 0.630. The van der Waals surface area contributed by atoms with Crippen molar-refractivity contribution in [3.05, 3.63) is 46.4 Å². The summed E-state index contributed by atoms with van der Waals surface area (Å²) < 4.78 is 0.822. The van der Waals surface area contributed by atoms with Crippen LogP contribution in [0.1, 0.15) is 0 Å². The lowest BCUT2D eigenvalue weighted by atomic mass is 10.2. The Morgan fingerprint density at radius 2 is 2.15 bits per heavy atom. The number of rotatable bonds is 0. The number of fused-ring (bicyclic) bond motifs is 1. The van der Waals surface area contributed by atoms with Crippen LogP contribution in [0.3, 0.4) is 0 Å². The lowest BCUT2D eigenvalue weighted by Crippen LogP contribution is -1.77. The molecule has 0 amide bonds. The van der Waals surface area contributed by atoms with Crippen molar-refractivity contribution < 1.29 is 0 Å². The van der Waals surface area contributed by atoms with E-state index in [1.54, 1.807) is 6.20 Å². The molecule has 0 saturated heterocycles. The molecule has 2 nitrogen and oxygen atoms in total. The van der Waals surface area contributed by atoms with Crippen molar-refractivity contribution in [2.24, 2.45) is 0 Å². The zero-order chi connectivity index (χ0) is 9.26. The summed E-state index contributed by atoms with van der Waals surface area (Å²) in [4.78, 5) is 7.63. The molecule has 1 aromatic heterocycles. The number of hydrogen-bond donors (Lipinski definition) is 0. The first-order valence-corrected chi connectivity index (χ1v) is 4.53. The highest BCUT2D eigenvalue weighted by atomic mass is 79.9. The van der Waals surface area contributed by atoms with Crippen LogP contribution >= 0.6 is 15.9 Å². The average Bonchev–Trinajstić information content (AvgIpc) is 2.18. The van der Waals surface area contributed by atoms with E-state index in [0.717, 1.165) is 15.4 Å². The van der Waals surface area contributed by atoms with Gasteiger partial charge in [0.25, 0.3) is 0 Å². The van der Waals surface area contributed by atoms with Gasteiger partial charge in [-0.25, -0.2) is 4.85 Å². The van der Waals surface area contributed by atoms with Crippen molar-refractivity contribution in [1.82, 2.24) is 4.98 Å². The van der Waals surface area contributed by atoms with Crippen LogP contribution < -0.4 is 0 Å². The largest absolute Gasteiger partial charge is 0.258 e. The second-order valence-electron chi connectivity index (χ2n) is 2.58. The van der Waals surface area contributed by atoms with Crippen LogP contribution in [0.5, 0.6) is 0 Å². The van der Waals surface area contributed by atoms with Crippen molar-refractivity contribution >= 4 is 32.5 Å². The molecule has 0 aliphatic rings. The number of pyridine rings is 1. The third-order valence-electron chi connectivity index (χ3n) is 1.82. The van der Waals surface area contributed by atoms with Gasteiger partial charge in [0.05, 0.1) is 12.1 Å².